The van der Waals surface area contributed by atoms with E-state index in [1.54, 1.807) is 6.92 Å². The largest absolute Gasteiger partial charge is 0.368 e. The normalized spacial score (nSPS) is 16.3. The van der Waals surface area contributed by atoms with Gasteiger partial charge in [-0.3, -0.25) is 33.6 Å². The summed E-state index contributed by atoms with van der Waals surface area (Å²) in [6.07, 6.45) is 1.23. The van der Waals surface area contributed by atoms with Crippen LogP contribution in [0.25, 0.3) is 0 Å². The molecule has 40 heavy (non-hydrogen) atoms. The molecule has 0 aliphatic heterocycles. The lowest BCUT2D eigenvalue weighted by molar-refractivity contribution is -0.134. The fraction of sp³-hybridized carbons (Fsp3) is 0.741. The summed E-state index contributed by atoms with van der Waals surface area (Å²) in [5.74, 6) is -5.45. The highest BCUT2D eigenvalue weighted by Gasteiger charge is 2.28. The fourth-order valence-corrected chi connectivity index (χ4v) is 3.69. The van der Waals surface area contributed by atoms with E-state index in [4.69, 9.17) is 17.2 Å². The number of carbonyl (C=O) groups is 7. The van der Waals surface area contributed by atoms with Crippen molar-refractivity contribution in [1.82, 2.24) is 16.0 Å². The maximum absolute atomic E-state index is 12.6. The third-order valence-electron chi connectivity index (χ3n) is 6.66. The Morgan fingerprint density at radius 2 is 0.975 bits per heavy atom. The summed E-state index contributed by atoms with van der Waals surface area (Å²) in [4.78, 5) is 86.0. The molecule has 9 N–H and O–H groups in total. The van der Waals surface area contributed by atoms with Gasteiger partial charge in [0.25, 0.3) is 0 Å². The van der Waals surface area contributed by atoms with Crippen molar-refractivity contribution in [3.63, 3.8) is 0 Å². The lowest BCUT2D eigenvalue weighted by atomic mass is 9.96. The quantitative estimate of drug-likeness (QED) is 0.101. The minimum Gasteiger partial charge on any atom is -0.368 e. The Balaban J connectivity index is 4.77. The van der Waals surface area contributed by atoms with E-state index in [0.717, 1.165) is 0 Å². The molecule has 0 aromatic rings. The van der Waals surface area contributed by atoms with Crippen LogP contribution in [0.15, 0.2) is 0 Å². The molecule has 0 rings (SSSR count). The van der Waals surface area contributed by atoms with E-state index in [2.05, 4.69) is 16.0 Å². The molecule has 0 saturated carbocycles. The molecule has 0 bridgehead atoms. The SMILES string of the molecule is C[C@H](N)C(=O)C[C@@H](C)C(=O)N[C@@H](C)C(=O)C[C@@H](C)C(=O)N[C@@H](C)C(=O)C[C@@H](C)C(=O)N[C@@H](CCCCN)C(N)=O. The standard InChI is InChI=1S/C27H48N6O7/c1-14(11-21(34)17(4)29)25(38)31-18(5)22(35)12-15(2)26(39)32-19(6)23(36)13-16(3)27(40)33-20(24(30)37)9-7-8-10-28/h14-20H,7-13,28-29H2,1-6H3,(H2,30,37)(H,31,38)(H,32,39)(H,33,40)/t14-,15-,16-,17+,18+,19+,20+/m1/s1. The summed E-state index contributed by atoms with van der Waals surface area (Å²) >= 11 is 0. The van der Waals surface area contributed by atoms with Gasteiger partial charge < -0.3 is 33.2 Å². The molecule has 13 nitrogen and oxygen atoms in total. The Labute approximate surface area is 236 Å². The number of primary amides is 1. The van der Waals surface area contributed by atoms with Gasteiger partial charge in [0.05, 0.1) is 18.1 Å². The smallest absolute Gasteiger partial charge is 0.239 e. The second-order valence-corrected chi connectivity index (χ2v) is 10.7. The van der Waals surface area contributed by atoms with Crippen LogP contribution in [0.4, 0.5) is 0 Å². The number of unbranched alkanes of at least 4 members (excludes halogenated alkanes) is 1. The lowest BCUT2D eigenvalue weighted by Crippen LogP contribution is -2.47. The second kappa shape index (κ2) is 18.2. The maximum Gasteiger partial charge on any atom is 0.239 e. The van der Waals surface area contributed by atoms with Crippen LogP contribution in [0.5, 0.6) is 0 Å². The minimum atomic E-state index is -0.919. The third kappa shape index (κ3) is 13.7. The van der Waals surface area contributed by atoms with Crippen LogP contribution >= 0.6 is 0 Å². The van der Waals surface area contributed by atoms with Crippen LogP contribution in [0.1, 0.15) is 80.1 Å². The average Bonchev–Trinajstić information content (AvgIpc) is 2.87. The number of hydrogen-bond donors (Lipinski definition) is 6. The summed E-state index contributed by atoms with van der Waals surface area (Å²) in [7, 11) is 0. The number of carbonyl (C=O) groups excluding carboxylic acids is 7. The van der Waals surface area contributed by atoms with Crippen molar-refractivity contribution in [2.75, 3.05) is 6.54 Å². The van der Waals surface area contributed by atoms with Gasteiger partial charge in [-0.25, -0.2) is 0 Å². The highest BCUT2D eigenvalue weighted by atomic mass is 16.2. The van der Waals surface area contributed by atoms with Crippen LogP contribution < -0.4 is 33.2 Å². The summed E-state index contributed by atoms with van der Waals surface area (Å²) < 4.78 is 0. The average molecular weight is 569 g/mol. The van der Waals surface area contributed by atoms with E-state index < -0.39 is 71.3 Å². The molecule has 0 unspecified atom stereocenters. The number of Topliss-reactive ketones (excluding diaryl/α,β-unsaturated/α-hetero) is 3. The number of hydrogen-bond acceptors (Lipinski definition) is 9. The molecule has 0 fully saturated rings. The van der Waals surface area contributed by atoms with Gasteiger partial charge in [-0.15, -0.1) is 0 Å². The fourth-order valence-electron chi connectivity index (χ4n) is 3.69. The molecule has 0 aromatic carbocycles. The topological polar surface area (TPSA) is 234 Å². The van der Waals surface area contributed by atoms with Crippen molar-refractivity contribution in [3.05, 3.63) is 0 Å². The van der Waals surface area contributed by atoms with Gasteiger partial charge in [-0.1, -0.05) is 20.8 Å². The van der Waals surface area contributed by atoms with E-state index in [0.29, 0.717) is 25.8 Å². The molecule has 0 heterocycles. The second-order valence-electron chi connectivity index (χ2n) is 10.7. The Bertz CT molecular complexity index is 923. The molecule has 228 valence electrons. The maximum atomic E-state index is 12.6. The van der Waals surface area contributed by atoms with Crippen molar-refractivity contribution in [1.29, 1.82) is 0 Å². The van der Waals surface area contributed by atoms with Gasteiger partial charge >= 0.3 is 0 Å². The monoisotopic (exact) mass is 568 g/mol. The zero-order valence-electron chi connectivity index (χ0n) is 24.6. The van der Waals surface area contributed by atoms with Crippen molar-refractivity contribution >= 4 is 41.0 Å². The first-order valence-electron chi connectivity index (χ1n) is 13.8. The highest BCUT2D eigenvalue weighted by Crippen LogP contribution is 2.11. The molecular weight excluding hydrogens is 520 g/mol. The molecule has 0 aromatic heterocycles. The number of amides is 4. The zero-order chi connectivity index (χ0) is 31.2. The summed E-state index contributed by atoms with van der Waals surface area (Å²) in [5, 5.41) is 7.67. The molecule has 0 radical (unpaired) electrons. The van der Waals surface area contributed by atoms with Crippen LogP contribution in [0.2, 0.25) is 0 Å². The predicted octanol–water partition coefficient (Wildman–Crippen LogP) is -0.772. The molecule has 4 amide bonds. The first kappa shape index (κ1) is 36.8. The molecule has 0 spiro atoms. The summed E-state index contributed by atoms with van der Waals surface area (Å²) in [6.45, 7) is 9.57. The van der Waals surface area contributed by atoms with Crippen LogP contribution in [-0.4, -0.2) is 71.7 Å². The minimum absolute atomic E-state index is 0.0457. The Morgan fingerprint density at radius 3 is 1.32 bits per heavy atom. The molecule has 0 aliphatic rings. The molecule has 7 atom stereocenters. The Kier molecular flexibility index (Phi) is 16.8. The Morgan fingerprint density at radius 1 is 0.600 bits per heavy atom. The molecular formula is C27H48N6O7. The van der Waals surface area contributed by atoms with Gasteiger partial charge in [-0.05, 0) is 46.6 Å². The van der Waals surface area contributed by atoms with Gasteiger partial charge in [0.2, 0.25) is 23.6 Å². The van der Waals surface area contributed by atoms with Crippen LogP contribution in [-0.2, 0) is 33.6 Å². The summed E-state index contributed by atoms with van der Waals surface area (Å²) in [5.41, 5.74) is 16.3. The first-order valence-corrected chi connectivity index (χ1v) is 13.8. The summed E-state index contributed by atoms with van der Waals surface area (Å²) in [6, 6.07) is -3.35. The van der Waals surface area contributed by atoms with Crippen LogP contribution in [0, 0.1) is 17.8 Å². The Hall–Kier alpha value is -3.19. The van der Waals surface area contributed by atoms with E-state index in [9.17, 15) is 33.6 Å². The lowest BCUT2D eigenvalue weighted by Gasteiger charge is -2.21. The van der Waals surface area contributed by atoms with E-state index in [1.807, 2.05) is 0 Å². The number of rotatable bonds is 20. The van der Waals surface area contributed by atoms with Crippen molar-refractivity contribution in [2.45, 2.75) is 104 Å². The van der Waals surface area contributed by atoms with Gasteiger partial charge in [0.1, 0.15) is 11.8 Å². The van der Waals surface area contributed by atoms with Crippen molar-refractivity contribution in [2.24, 2.45) is 35.0 Å². The van der Waals surface area contributed by atoms with Crippen molar-refractivity contribution < 1.29 is 33.6 Å². The molecule has 0 saturated heterocycles. The number of ketones is 3. The van der Waals surface area contributed by atoms with Crippen LogP contribution in [0.3, 0.4) is 0 Å². The molecule has 13 heteroatoms. The zero-order valence-corrected chi connectivity index (χ0v) is 24.6. The molecule has 0 aliphatic carbocycles. The predicted molar refractivity (Wildman–Crippen MR) is 149 cm³/mol. The first-order chi connectivity index (χ1) is 18.5. The van der Waals surface area contributed by atoms with E-state index >= 15 is 0 Å². The third-order valence-corrected chi connectivity index (χ3v) is 6.66. The van der Waals surface area contributed by atoms with Gasteiger partial charge in [-0.2, -0.15) is 0 Å². The van der Waals surface area contributed by atoms with E-state index in [1.165, 1.54) is 34.6 Å². The van der Waals surface area contributed by atoms with Gasteiger partial charge in [0.15, 0.2) is 11.6 Å². The highest BCUT2D eigenvalue weighted by molar-refractivity contribution is 5.96. The van der Waals surface area contributed by atoms with Crippen molar-refractivity contribution in [3.8, 4) is 0 Å². The van der Waals surface area contributed by atoms with E-state index in [-0.39, 0.29) is 30.8 Å². The number of nitrogens with two attached hydrogens (primary N) is 3. The van der Waals surface area contributed by atoms with Gasteiger partial charge in [0, 0.05) is 37.0 Å². The number of nitrogens with one attached hydrogen (secondary N) is 3.